The minimum absolute atomic E-state index is 0.451. The lowest BCUT2D eigenvalue weighted by molar-refractivity contribution is -0.433. The van der Waals surface area contributed by atoms with Gasteiger partial charge in [-0.2, -0.15) is 8.78 Å². The summed E-state index contributed by atoms with van der Waals surface area (Å²) in [5, 5.41) is 6.96. The summed E-state index contributed by atoms with van der Waals surface area (Å²) in [6.07, 6.45) is 5.22. The molecule has 2 aliphatic carbocycles. The van der Waals surface area contributed by atoms with Gasteiger partial charge in [0.2, 0.25) is 0 Å². The van der Waals surface area contributed by atoms with Crippen LogP contribution in [0.4, 0.5) is 8.78 Å². The summed E-state index contributed by atoms with van der Waals surface area (Å²) in [4.78, 5) is 11.3. The minimum atomic E-state index is -3.89. The second-order valence-electron chi connectivity index (χ2n) is 5.03. The van der Waals surface area contributed by atoms with Gasteiger partial charge in [0.05, 0.1) is 0 Å². The molecule has 0 saturated heterocycles. The maximum atomic E-state index is 13.2. The molecule has 19 heavy (non-hydrogen) atoms. The summed E-state index contributed by atoms with van der Waals surface area (Å²) in [5.41, 5.74) is 0. The van der Waals surface area contributed by atoms with E-state index in [9.17, 15) is 13.6 Å². The third-order valence-electron chi connectivity index (χ3n) is 3.92. The molecule has 0 amide bonds. The van der Waals surface area contributed by atoms with E-state index in [2.05, 4.69) is 9.37 Å². The van der Waals surface area contributed by atoms with E-state index < -0.39 is 29.4 Å². The summed E-state index contributed by atoms with van der Waals surface area (Å²) in [5.74, 6) is -0.503. The number of ether oxygens (including phenoxy) is 1. The molecule has 2 saturated carbocycles. The van der Waals surface area contributed by atoms with Crippen molar-refractivity contribution in [1.29, 1.82) is 0 Å². The maximum Gasteiger partial charge on any atom is 0.415 e. The van der Waals surface area contributed by atoms with Crippen LogP contribution < -0.4 is 0 Å². The van der Waals surface area contributed by atoms with Crippen LogP contribution in [-0.2, 0) is 18.9 Å². The highest BCUT2D eigenvalue weighted by Gasteiger charge is 2.46. The Morgan fingerprint density at radius 2 is 1.95 bits per heavy atom. The van der Waals surface area contributed by atoms with Crippen molar-refractivity contribution in [2.45, 2.75) is 49.9 Å². The van der Waals surface area contributed by atoms with E-state index in [1.54, 1.807) is 0 Å². The van der Waals surface area contributed by atoms with E-state index >= 15 is 0 Å². The van der Waals surface area contributed by atoms with Crippen LogP contribution in [0.2, 0.25) is 0 Å². The average Bonchev–Trinajstić information content (AvgIpc) is 2.83. The monoisotopic (exact) mass is 298 g/mol. The van der Waals surface area contributed by atoms with E-state index in [0.29, 0.717) is 24.7 Å². The Labute approximate surface area is 113 Å². The molecule has 2 aliphatic rings. The molecule has 2 rings (SSSR count). The van der Waals surface area contributed by atoms with Crippen molar-refractivity contribution < 1.29 is 32.9 Å². The quantitative estimate of drug-likeness (QED) is 0.364. The molecule has 110 valence electrons. The zero-order chi connectivity index (χ0) is 13.9. The molecule has 2 fully saturated rings. The first kappa shape index (κ1) is 15.0. The largest absolute Gasteiger partial charge is 0.457 e. The molecular formula is C11H16F2O5S. The molecule has 3 unspecified atom stereocenters. The van der Waals surface area contributed by atoms with Gasteiger partial charge in [-0.05, 0) is 31.1 Å². The highest BCUT2D eigenvalue weighted by molar-refractivity contribution is 7.96. The van der Waals surface area contributed by atoms with Gasteiger partial charge in [-0.1, -0.05) is 24.3 Å². The van der Waals surface area contributed by atoms with Gasteiger partial charge >= 0.3 is 11.2 Å². The van der Waals surface area contributed by atoms with Gasteiger partial charge in [-0.3, -0.25) is 0 Å². The molecule has 5 nitrogen and oxygen atoms in total. The van der Waals surface area contributed by atoms with Gasteiger partial charge in [0.1, 0.15) is 18.1 Å². The SMILES string of the molecule is O=C(OC1CCC2CCCC2C1)C(F)(F)SOOO. The predicted molar refractivity (Wildman–Crippen MR) is 61.9 cm³/mol. The number of hydrogen-bond acceptors (Lipinski definition) is 6. The fourth-order valence-corrected chi connectivity index (χ4v) is 3.31. The van der Waals surface area contributed by atoms with Crippen LogP contribution in [0, 0.1) is 11.8 Å². The molecular weight excluding hydrogens is 282 g/mol. The van der Waals surface area contributed by atoms with E-state index in [1.807, 2.05) is 0 Å². The summed E-state index contributed by atoms with van der Waals surface area (Å²) in [6, 6.07) is 0. The molecule has 0 aromatic rings. The molecule has 8 heteroatoms. The summed E-state index contributed by atoms with van der Waals surface area (Å²) >= 11 is -0.585. The van der Waals surface area contributed by atoms with Crippen LogP contribution in [0.3, 0.4) is 0 Å². The standard InChI is InChI=1S/C11H16F2O5S/c12-11(13,19-18-17-15)10(14)16-9-5-4-7-2-1-3-8(7)6-9/h7-9,15H,1-6H2. The van der Waals surface area contributed by atoms with Crippen LogP contribution in [-0.4, -0.2) is 22.6 Å². The predicted octanol–water partition coefficient (Wildman–Crippen LogP) is 3.16. The lowest BCUT2D eigenvalue weighted by atomic mass is 9.80. The van der Waals surface area contributed by atoms with Crippen molar-refractivity contribution in [3.8, 4) is 0 Å². The van der Waals surface area contributed by atoms with Gasteiger partial charge in [-0.25, -0.2) is 10.1 Å². The molecule has 0 radical (unpaired) electrons. The second-order valence-corrected chi connectivity index (χ2v) is 5.85. The lowest BCUT2D eigenvalue weighted by Crippen LogP contribution is -2.35. The van der Waals surface area contributed by atoms with Crippen molar-refractivity contribution >= 4 is 18.0 Å². The highest BCUT2D eigenvalue weighted by Crippen LogP contribution is 2.43. The number of fused-ring (bicyclic) bond motifs is 1. The number of halogens is 2. The van der Waals surface area contributed by atoms with Crippen molar-refractivity contribution in [1.82, 2.24) is 0 Å². The molecule has 0 aromatic heterocycles. The van der Waals surface area contributed by atoms with Gasteiger partial charge in [0.25, 0.3) is 0 Å². The topological polar surface area (TPSA) is 65.0 Å². The minimum Gasteiger partial charge on any atom is -0.457 e. The third kappa shape index (κ3) is 3.77. The van der Waals surface area contributed by atoms with Crippen LogP contribution in [0.25, 0.3) is 0 Å². The first-order valence-corrected chi connectivity index (χ1v) is 7.02. The number of carbonyl (C=O) groups is 1. The average molecular weight is 298 g/mol. The Hall–Kier alpha value is -0.440. The third-order valence-corrected chi connectivity index (χ3v) is 4.43. The van der Waals surface area contributed by atoms with Gasteiger partial charge in [-0.15, -0.1) is 4.33 Å². The first-order chi connectivity index (χ1) is 9.03. The van der Waals surface area contributed by atoms with E-state index in [0.717, 1.165) is 12.8 Å². The number of carbonyl (C=O) groups excluding carboxylic acids is 1. The van der Waals surface area contributed by atoms with Crippen molar-refractivity contribution in [2.24, 2.45) is 11.8 Å². The Balaban J connectivity index is 1.82. The Bertz CT molecular complexity index is 328. The van der Waals surface area contributed by atoms with Gasteiger partial charge < -0.3 is 4.74 Å². The van der Waals surface area contributed by atoms with Crippen LogP contribution in [0.5, 0.6) is 0 Å². The molecule has 3 atom stereocenters. The molecule has 0 spiro atoms. The number of rotatable bonds is 5. The fourth-order valence-electron chi connectivity index (χ4n) is 3.08. The smallest absolute Gasteiger partial charge is 0.415 e. The normalized spacial score (nSPS) is 31.0. The van der Waals surface area contributed by atoms with E-state index in [1.165, 1.54) is 12.8 Å². The Morgan fingerprint density at radius 1 is 1.21 bits per heavy atom. The van der Waals surface area contributed by atoms with Gasteiger partial charge in [0, 0.05) is 0 Å². The molecule has 0 bridgehead atoms. The first-order valence-electron chi connectivity index (χ1n) is 6.27. The Kier molecular flexibility index (Phi) is 4.99. The summed E-state index contributed by atoms with van der Waals surface area (Å²) in [6.45, 7) is 0. The maximum absolute atomic E-state index is 13.2. The highest BCUT2D eigenvalue weighted by atomic mass is 32.2. The zero-order valence-electron chi connectivity index (χ0n) is 10.2. The number of alkyl halides is 2. The fraction of sp³-hybridized carbons (Fsp3) is 0.909. The van der Waals surface area contributed by atoms with E-state index in [4.69, 9.17) is 9.99 Å². The lowest BCUT2D eigenvalue weighted by Gasteiger charge is -2.31. The van der Waals surface area contributed by atoms with Crippen LogP contribution in [0.15, 0.2) is 0 Å². The van der Waals surface area contributed by atoms with Gasteiger partial charge in [0.15, 0.2) is 0 Å². The number of hydrogen-bond donors (Lipinski definition) is 1. The number of esters is 1. The van der Waals surface area contributed by atoms with E-state index in [-0.39, 0.29) is 0 Å². The van der Waals surface area contributed by atoms with Crippen molar-refractivity contribution in [3.63, 3.8) is 0 Å². The summed E-state index contributed by atoms with van der Waals surface area (Å²) < 4.78 is 34.8. The molecule has 0 aliphatic heterocycles. The second kappa shape index (κ2) is 6.34. The van der Waals surface area contributed by atoms with Crippen LogP contribution >= 0.6 is 12.0 Å². The Morgan fingerprint density at radius 3 is 2.68 bits per heavy atom. The summed E-state index contributed by atoms with van der Waals surface area (Å²) in [7, 11) is 0. The van der Waals surface area contributed by atoms with Crippen LogP contribution in [0.1, 0.15) is 38.5 Å². The molecule has 0 heterocycles. The zero-order valence-corrected chi connectivity index (χ0v) is 11.0. The molecule has 0 aromatic carbocycles. The van der Waals surface area contributed by atoms with Crippen molar-refractivity contribution in [3.05, 3.63) is 0 Å². The molecule has 1 N–H and O–H groups in total. The van der Waals surface area contributed by atoms with Crippen molar-refractivity contribution in [2.75, 3.05) is 0 Å².